The summed E-state index contributed by atoms with van der Waals surface area (Å²) in [6.45, 7) is 3.49. The molecular weight excluding hydrogens is 370 g/mol. The molecule has 0 saturated carbocycles. The fourth-order valence-electron chi connectivity index (χ4n) is 2.73. The Kier molecular flexibility index (Phi) is 5.59. The van der Waals surface area contributed by atoms with Crippen molar-refractivity contribution in [2.45, 2.75) is 19.9 Å². The van der Waals surface area contributed by atoms with E-state index < -0.39 is 5.97 Å². The molecule has 0 radical (unpaired) electrons. The SMILES string of the molecule is CC(C)N(C(=O)COC(=O)c1sc2ccccc2c1Cl)c1ccccc1. The molecule has 0 saturated heterocycles. The number of halogens is 1. The third-order valence-electron chi connectivity index (χ3n) is 3.87. The van der Waals surface area contributed by atoms with Crippen LogP contribution in [-0.2, 0) is 9.53 Å². The molecule has 134 valence electrons. The number of ether oxygens (including phenoxy) is 1. The summed E-state index contributed by atoms with van der Waals surface area (Å²) in [5.41, 5.74) is 0.767. The van der Waals surface area contributed by atoms with Crippen LogP contribution in [0.15, 0.2) is 54.6 Å². The van der Waals surface area contributed by atoms with E-state index in [9.17, 15) is 9.59 Å². The molecule has 26 heavy (non-hydrogen) atoms. The molecule has 0 N–H and O–H groups in total. The summed E-state index contributed by atoms with van der Waals surface area (Å²) in [5, 5.41) is 1.18. The Balaban J connectivity index is 1.73. The van der Waals surface area contributed by atoms with Crippen LogP contribution < -0.4 is 4.90 Å². The third kappa shape index (κ3) is 3.74. The van der Waals surface area contributed by atoms with E-state index in [0.717, 1.165) is 15.8 Å². The number of benzene rings is 2. The Morgan fingerprint density at radius 2 is 1.73 bits per heavy atom. The Morgan fingerprint density at radius 1 is 1.08 bits per heavy atom. The molecule has 0 aliphatic rings. The minimum Gasteiger partial charge on any atom is -0.451 e. The summed E-state index contributed by atoms with van der Waals surface area (Å²) in [6, 6.07) is 16.7. The maximum Gasteiger partial charge on any atom is 0.350 e. The molecule has 0 bridgehead atoms. The molecular formula is C20H18ClNO3S. The number of nitrogens with zero attached hydrogens (tertiary/aromatic N) is 1. The molecule has 1 amide bonds. The van der Waals surface area contributed by atoms with Gasteiger partial charge in [-0.2, -0.15) is 0 Å². The lowest BCUT2D eigenvalue weighted by atomic mass is 10.2. The van der Waals surface area contributed by atoms with Gasteiger partial charge in [-0.15, -0.1) is 11.3 Å². The van der Waals surface area contributed by atoms with E-state index in [1.807, 2.05) is 68.4 Å². The van der Waals surface area contributed by atoms with Gasteiger partial charge in [0.1, 0.15) is 4.88 Å². The van der Waals surface area contributed by atoms with Crippen molar-refractivity contribution in [1.82, 2.24) is 0 Å². The van der Waals surface area contributed by atoms with E-state index in [0.29, 0.717) is 9.90 Å². The van der Waals surface area contributed by atoms with Gasteiger partial charge in [-0.25, -0.2) is 4.79 Å². The maximum absolute atomic E-state index is 12.6. The van der Waals surface area contributed by atoms with Crippen molar-refractivity contribution in [3.63, 3.8) is 0 Å². The van der Waals surface area contributed by atoms with Gasteiger partial charge in [-0.1, -0.05) is 48.0 Å². The highest BCUT2D eigenvalue weighted by Crippen LogP contribution is 2.35. The lowest BCUT2D eigenvalue weighted by molar-refractivity contribution is -0.122. The number of hydrogen-bond donors (Lipinski definition) is 0. The predicted octanol–water partition coefficient (Wildman–Crippen LogP) is 5.15. The van der Waals surface area contributed by atoms with E-state index in [1.165, 1.54) is 11.3 Å². The summed E-state index contributed by atoms with van der Waals surface area (Å²) in [4.78, 5) is 26.9. The number of fused-ring (bicyclic) bond motifs is 1. The minimum absolute atomic E-state index is 0.0588. The predicted molar refractivity (Wildman–Crippen MR) is 106 cm³/mol. The zero-order chi connectivity index (χ0) is 18.7. The Bertz CT molecular complexity index is 937. The summed E-state index contributed by atoms with van der Waals surface area (Å²) < 4.78 is 6.16. The van der Waals surface area contributed by atoms with Gasteiger partial charge in [0.25, 0.3) is 5.91 Å². The monoisotopic (exact) mass is 387 g/mol. The van der Waals surface area contributed by atoms with Crippen molar-refractivity contribution < 1.29 is 14.3 Å². The minimum atomic E-state index is -0.582. The molecule has 3 aromatic rings. The maximum atomic E-state index is 12.6. The fourth-order valence-corrected chi connectivity index (χ4v) is 4.13. The number of esters is 1. The summed E-state index contributed by atoms with van der Waals surface area (Å²) in [6.07, 6.45) is 0. The topological polar surface area (TPSA) is 46.6 Å². The highest BCUT2D eigenvalue weighted by atomic mass is 35.5. The smallest absolute Gasteiger partial charge is 0.350 e. The van der Waals surface area contributed by atoms with Crippen LogP contribution in [-0.4, -0.2) is 24.5 Å². The number of hydrogen-bond acceptors (Lipinski definition) is 4. The molecule has 3 rings (SSSR count). The highest BCUT2D eigenvalue weighted by Gasteiger charge is 2.23. The average Bonchev–Trinajstić information content (AvgIpc) is 2.98. The second kappa shape index (κ2) is 7.89. The first-order valence-corrected chi connectivity index (χ1v) is 9.39. The van der Waals surface area contributed by atoms with E-state index in [-0.39, 0.29) is 18.6 Å². The molecule has 0 unspecified atom stereocenters. The van der Waals surface area contributed by atoms with Crippen LogP contribution in [0.2, 0.25) is 5.02 Å². The molecule has 1 aromatic heterocycles. The van der Waals surface area contributed by atoms with Gasteiger partial charge in [0.2, 0.25) is 0 Å². The molecule has 1 heterocycles. The third-order valence-corrected chi connectivity index (χ3v) is 5.52. The van der Waals surface area contributed by atoms with Crippen molar-refractivity contribution in [1.29, 1.82) is 0 Å². The van der Waals surface area contributed by atoms with Gasteiger partial charge in [-0.3, -0.25) is 4.79 Å². The summed E-state index contributed by atoms with van der Waals surface area (Å²) >= 11 is 7.55. The van der Waals surface area contributed by atoms with Gasteiger partial charge in [0.15, 0.2) is 6.61 Å². The van der Waals surface area contributed by atoms with Crippen LogP contribution in [0.25, 0.3) is 10.1 Å². The van der Waals surface area contributed by atoms with Crippen molar-refractivity contribution in [2.24, 2.45) is 0 Å². The number of rotatable bonds is 5. The van der Waals surface area contributed by atoms with Gasteiger partial charge in [0, 0.05) is 21.8 Å². The van der Waals surface area contributed by atoms with Crippen LogP contribution in [0.1, 0.15) is 23.5 Å². The molecule has 2 aromatic carbocycles. The van der Waals surface area contributed by atoms with E-state index in [4.69, 9.17) is 16.3 Å². The number of anilines is 1. The van der Waals surface area contributed by atoms with Gasteiger partial charge in [-0.05, 0) is 32.0 Å². The van der Waals surface area contributed by atoms with Crippen molar-refractivity contribution in [3.05, 3.63) is 64.5 Å². The first kappa shape index (κ1) is 18.4. The van der Waals surface area contributed by atoms with E-state index >= 15 is 0 Å². The Morgan fingerprint density at radius 3 is 2.38 bits per heavy atom. The first-order chi connectivity index (χ1) is 12.5. The number of carbonyl (C=O) groups excluding carboxylic acids is 2. The van der Waals surface area contributed by atoms with Crippen molar-refractivity contribution >= 4 is 50.6 Å². The lowest BCUT2D eigenvalue weighted by Gasteiger charge is -2.26. The van der Waals surface area contributed by atoms with Crippen LogP contribution in [0.4, 0.5) is 5.69 Å². The average molecular weight is 388 g/mol. The number of amides is 1. The second-order valence-electron chi connectivity index (χ2n) is 6.01. The fraction of sp³-hybridized carbons (Fsp3) is 0.200. The normalized spacial score (nSPS) is 10.9. The first-order valence-electron chi connectivity index (χ1n) is 8.20. The molecule has 0 atom stereocenters. The molecule has 4 nitrogen and oxygen atoms in total. The van der Waals surface area contributed by atoms with Crippen LogP contribution in [0.5, 0.6) is 0 Å². The standard InChI is InChI=1S/C20H18ClNO3S/c1-13(2)22(14-8-4-3-5-9-14)17(23)12-25-20(24)19-18(21)15-10-6-7-11-16(15)26-19/h3-11,13H,12H2,1-2H3. The van der Waals surface area contributed by atoms with Crippen LogP contribution >= 0.6 is 22.9 Å². The molecule has 0 aliphatic heterocycles. The quantitative estimate of drug-likeness (QED) is 0.568. The Hall–Kier alpha value is -2.37. The second-order valence-corrected chi connectivity index (χ2v) is 7.44. The van der Waals surface area contributed by atoms with E-state index in [1.54, 1.807) is 4.90 Å². The molecule has 6 heteroatoms. The van der Waals surface area contributed by atoms with Crippen molar-refractivity contribution in [3.8, 4) is 0 Å². The van der Waals surface area contributed by atoms with Crippen LogP contribution in [0, 0.1) is 0 Å². The van der Waals surface area contributed by atoms with Gasteiger partial charge < -0.3 is 9.64 Å². The zero-order valence-electron chi connectivity index (χ0n) is 14.4. The Labute approximate surface area is 160 Å². The number of carbonyl (C=O) groups is 2. The molecule has 0 fully saturated rings. The molecule has 0 aliphatic carbocycles. The number of thiophene rings is 1. The van der Waals surface area contributed by atoms with Gasteiger partial charge in [0.05, 0.1) is 5.02 Å². The molecule has 0 spiro atoms. The zero-order valence-corrected chi connectivity index (χ0v) is 16.0. The van der Waals surface area contributed by atoms with Crippen LogP contribution in [0.3, 0.4) is 0 Å². The van der Waals surface area contributed by atoms with Crippen molar-refractivity contribution in [2.75, 3.05) is 11.5 Å². The lowest BCUT2D eigenvalue weighted by Crippen LogP contribution is -2.39. The summed E-state index contributed by atoms with van der Waals surface area (Å²) in [5.74, 6) is -0.863. The van der Waals surface area contributed by atoms with E-state index in [2.05, 4.69) is 0 Å². The largest absolute Gasteiger partial charge is 0.451 e. The highest BCUT2D eigenvalue weighted by molar-refractivity contribution is 7.21. The number of para-hydroxylation sites is 1. The summed E-state index contributed by atoms with van der Waals surface area (Å²) in [7, 11) is 0. The van der Waals surface area contributed by atoms with Gasteiger partial charge >= 0.3 is 5.97 Å².